The average Bonchev–Trinajstić information content (AvgIpc) is 3.05. The SMILES string of the molecule is CC(C)Cc1ccc(-c2nc(-c3ccc(C=O)c(Br)c3)no2)cc1. The molecule has 5 heteroatoms. The van der Waals surface area contributed by atoms with Crippen molar-refractivity contribution in [2.45, 2.75) is 20.3 Å². The number of hydrogen-bond acceptors (Lipinski definition) is 4. The van der Waals surface area contributed by atoms with Crippen LogP contribution in [0.2, 0.25) is 0 Å². The highest BCUT2D eigenvalue weighted by molar-refractivity contribution is 9.10. The van der Waals surface area contributed by atoms with Crippen molar-refractivity contribution < 1.29 is 9.32 Å². The molecular weight excluding hydrogens is 368 g/mol. The maximum atomic E-state index is 10.9. The third-order valence-electron chi connectivity index (χ3n) is 3.66. The van der Waals surface area contributed by atoms with E-state index in [1.807, 2.05) is 18.2 Å². The van der Waals surface area contributed by atoms with Gasteiger partial charge in [0, 0.05) is 21.2 Å². The summed E-state index contributed by atoms with van der Waals surface area (Å²) < 4.78 is 6.08. The second-order valence-electron chi connectivity index (χ2n) is 6.07. The lowest BCUT2D eigenvalue weighted by Gasteiger charge is -2.04. The first-order valence-electron chi connectivity index (χ1n) is 7.75. The second kappa shape index (κ2) is 7.09. The van der Waals surface area contributed by atoms with Crippen molar-refractivity contribution in [2.24, 2.45) is 5.92 Å². The standard InChI is InChI=1S/C19H17BrN2O2/c1-12(2)9-13-3-5-14(6-4-13)19-21-18(22-24-19)15-7-8-16(11-23)17(20)10-15/h3-8,10-12H,9H2,1-2H3. The Balaban J connectivity index is 1.85. The summed E-state index contributed by atoms with van der Waals surface area (Å²) in [6.07, 6.45) is 1.85. The van der Waals surface area contributed by atoms with Crippen molar-refractivity contribution in [3.05, 3.63) is 58.1 Å². The highest BCUT2D eigenvalue weighted by Gasteiger charge is 2.12. The van der Waals surface area contributed by atoms with Crippen LogP contribution in [-0.2, 0) is 6.42 Å². The number of rotatable bonds is 5. The van der Waals surface area contributed by atoms with Crippen molar-refractivity contribution in [1.29, 1.82) is 0 Å². The van der Waals surface area contributed by atoms with Gasteiger partial charge in [-0.25, -0.2) is 0 Å². The molecule has 0 N–H and O–H groups in total. The summed E-state index contributed by atoms with van der Waals surface area (Å²) in [6.45, 7) is 4.40. The van der Waals surface area contributed by atoms with E-state index in [4.69, 9.17) is 4.52 Å². The van der Waals surface area contributed by atoms with E-state index < -0.39 is 0 Å². The predicted octanol–water partition coefficient (Wildman–Crippen LogP) is 5.18. The van der Waals surface area contributed by atoms with Crippen LogP contribution in [0.4, 0.5) is 0 Å². The molecule has 0 amide bonds. The van der Waals surface area contributed by atoms with Gasteiger partial charge in [0.1, 0.15) is 0 Å². The fourth-order valence-electron chi connectivity index (χ4n) is 2.47. The Morgan fingerprint density at radius 3 is 2.46 bits per heavy atom. The lowest BCUT2D eigenvalue weighted by atomic mass is 10.0. The van der Waals surface area contributed by atoms with Gasteiger partial charge in [0.2, 0.25) is 5.82 Å². The number of hydrogen-bond donors (Lipinski definition) is 0. The van der Waals surface area contributed by atoms with Crippen LogP contribution in [0.25, 0.3) is 22.8 Å². The molecule has 0 saturated carbocycles. The zero-order valence-electron chi connectivity index (χ0n) is 13.5. The smallest absolute Gasteiger partial charge is 0.258 e. The predicted molar refractivity (Wildman–Crippen MR) is 96.8 cm³/mol. The Kier molecular flexibility index (Phi) is 4.90. The molecule has 24 heavy (non-hydrogen) atoms. The molecule has 0 unspecified atom stereocenters. The highest BCUT2D eigenvalue weighted by atomic mass is 79.9. The summed E-state index contributed by atoms with van der Waals surface area (Å²) in [5, 5.41) is 4.03. The number of aromatic nitrogens is 2. The van der Waals surface area contributed by atoms with Crippen LogP contribution in [0, 0.1) is 5.92 Å². The van der Waals surface area contributed by atoms with E-state index >= 15 is 0 Å². The maximum absolute atomic E-state index is 10.9. The van der Waals surface area contributed by atoms with Crippen LogP contribution >= 0.6 is 15.9 Å². The maximum Gasteiger partial charge on any atom is 0.258 e. The molecule has 0 atom stereocenters. The van der Waals surface area contributed by atoms with Gasteiger partial charge in [0.05, 0.1) is 0 Å². The lowest BCUT2D eigenvalue weighted by Crippen LogP contribution is -1.93. The summed E-state index contributed by atoms with van der Waals surface area (Å²) in [5.41, 5.74) is 3.56. The minimum Gasteiger partial charge on any atom is -0.334 e. The van der Waals surface area contributed by atoms with Gasteiger partial charge in [0.15, 0.2) is 6.29 Å². The molecule has 1 aromatic heterocycles. The third-order valence-corrected chi connectivity index (χ3v) is 4.34. The van der Waals surface area contributed by atoms with Crippen LogP contribution in [0.1, 0.15) is 29.8 Å². The average molecular weight is 385 g/mol. The van der Waals surface area contributed by atoms with Gasteiger partial charge < -0.3 is 4.52 Å². The number of nitrogens with zero attached hydrogens (tertiary/aromatic N) is 2. The molecule has 0 fully saturated rings. The Morgan fingerprint density at radius 2 is 1.83 bits per heavy atom. The first kappa shape index (κ1) is 16.6. The van der Waals surface area contributed by atoms with Gasteiger partial charge in [-0.1, -0.05) is 53.1 Å². The summed E-state index contributed by atoms with van der Waals surface area (Å²) in [6, 6.07) is 13.5. The van der Waals surface area contributed by atoms with Gasteiger partial charge in [0.25, 0.3) is 5.89 Å². The fourth-order valence-corrected chi connectivity index (χ4v) is 2.95. The molecule has 122 valence electrons. The van der Waals surface area contributed by atoms with Gasteiger partial charge in [-0.2, -0.15) is 4.98 Å². The first-order valence-corrected chi connectivity index (χ1v) is 8.54. The largest absolute Gasteiger partial charge is 0.334 e. The molecule has 3 rings (SSSR count). The third kappa shape index (κ3) is 3.62. The molecule has 0 aliphatic heterocycles. The molecule has 0 saturated heterocycles. The first-order chi connectivity index (χ1) is 11.6. The van der Waals surface area contributed by atoms with E-state index in [0.717, 1.165) is 23.8 Å². The molecule has 4 nitrogen and oxygen atoms in total. The Morgan fingerprint density at radius 1 is 1.12 bits per heavy atom. The van der Waals surface area contributed by atoms with Gasteiger partial charge >= 0.3 is 0 Å². The number of carbonyl (C=O) groups is 1. The van der Waals surface area contributed by atoms with Gasteiger partial charge in [-0.15, -0.1) is 0 Å². The minimum atomic E-state index is 0.483. The number of aldehydes is 1. The Hall–Kier alpha value is -2.27. The van der Waals surface area contributed by atoms with Gasteiger partial charge in [-0.05, 0) is 42.2 Å². The fraction of sp³-hybridized carbons (Fsp3) is 0.211. The van der Waals surface area contributed by atoms with E-state index in [1.54, 1.807) is 12.1 Å². The molecule has 0 aliphatic rings. The zero-order chi connectivity index (χ0) is 17.1. The topological polar surface area (TPSA) is 56.0 Å². The summed E-state index contributed by atoms with van der Waals surface area (Å²) >= 11 is 3.37. The van der Waals surface area contributed by atoms with Gasteiger partial charge in [-0.3, -0.25) is 4.79 Å². The molecule has 3 aromatic rings. The summed E-state index contributed by atoms with van der Waals surface area (Å²) in [7, 11) is 0. The normalized spacial score (nSPS) is 11.0. The Labute approximate surface area is 149 Å². The minimum absolute atomic E-state index is 0.483. The van der Waals surface area contributed by atoms with E-state index in [2.05, 4.69) is 52.1 Å². The zero-order valence-corrected chi connectivity index (χ0v) is 15.1. The molecule has 0 bridgehead atoms. The second-order valence-corrected chi connectivity index (χ2v) is 6.93. The van der Waals surface area contributed by atoms with Crippen molar-refractivity contribution in [1.82, 2.24) is 10.1 Å². The van der Waals surface area contributed by atoms with E-state index in [1.165, 1.54) is 5.56 Å². The van der Waals surface area contributed by atoms with Crippen molar-refractivity contribution in [2.75, 3.05) is 0 Å². The Bertz CT molecular complexity index is 854. The van der Waals surface area contributed by atoms with Crippen LogP contribution in [0.3, 0.4) is 0 Å². The van der Waals surface area contributed by atoms with E-state index in [-0.39, 0.29) is 0 Å². The van der Waals surface area contributed by atoms with E-state index in [9.17, 15) is 4.79 Å². The molecule has 0 aliphatic carbocycles. The van der Waals surface area contributed by atoms with Crippen molar-refractivity contribution >= 4 is 22.2 Å². The van der Waals surface area contributed by atoms with Crippen LogP contribution in [0.5, 0.6) is 0 Å². The van der Waals surface area contributed by atoms with Crippen molar-refractivity contribution in [3.63, 3.8) is 0 Å². The molecule has 0 spiro atoms. The molecule has 1 heterocycles. The lowest BCUT2D eigenvalue weighted by molar-refractivity contribution is 0.112. The van der Waals surface area contributed by atoms with Crippen LogP contribution < -0.4 is 0 Å². The van der Waals surface area contributed by atoms with Crippen LogP contribution in [0.15, 0.2) is 51.5 Å². The van der Waals surface area contributed by atoms with E-state index in [0.29, 0.717) is 27.7 Å². The quantitative estimate of drug-likeness (QED) is 0.568. The summed E-state index contributed by atoms with van der Waals surface area (Å²) in [5.74, 6) is 1.60. The van der Waals surface area contributed by atoms with Crippen molar-refractivity contribution in [3.8, 4) is 22.8 Å². The summed E-state index contributed by atoms with van der Waals surface area (Å²) in [4.78, 5) is 15.3. The van der Waals surface area contributed by atoms with Crippen LogP contribution in [-0.4, -0.2) is 16.4 Å². The molecule has 0 radical (unpaired) electrons. The molecular formula is C19H17BrN2O2. The highest BCUT2D eigenvalue weighted by Crippen LogP contribution is 2.26. The monoisotopic (exact) mass is 384 g/mol. The number of halogens is 1. The number of carbonyl (C=O) groups excluding carboxylic acids is 1. The number of benzene rings is 2. The molecule has 2 aromatic carbocycles.